The first-order valence-corrected chi connectivity index (χ1v) is 13.6. The molecule has 0 atom stereocenters. The van der Waals surface area contributed by atoms with E-state index in [0.29, 0.717) is 6.42 Å². The summed E-state index contributed by atoms with van der Waals surface area (Å²) >= 11 is 0. The quantitative estimate of drug-likeness (QED) is 0.118. The van der Waals surface area contributed by atoms with Gasteiger partial charge in [0.25, 0.3) is 5.12 Å². The maximum atomic E-state index is 11.8. The van der Waals surface area contributed by atoms with E-state index in [4.69, 9.17) is 4.89 Å². The Bertz CT molecular complexity index is 658. The third-order valence-corrected chi connectivity index (χ3v) is 6.51. The molecule has 0 bridgehead atoms. The van der Waals surface area contributed by atoms with Gasteiger partial charge >= 0.3 is 10.1 Å². The van der Waals surface area contributed by atoms with Crippen molar-refractivity contribution in [2.45, 2.75) is 116 Å². The highest BCUT2D eigenvalue weighted by atomic mass is 32.2. The van der Waals surface area contributed by atoms with Crippen LogP contribution in [0.2, 0.25) is 0 Å². The number of hydrogen-bond donors (Lipinski definition) is 0. The number of benzene rings is 1. The van der Waals surface area contributed by atoms with Crippen molar-refractivity contribution in [3.8, 4) is 0 Å². The molecule has 0 unspecified atom stereocenters. The molecule has 1 aromatic rings. The molecule has 0 heterocycles. The molecule has 31 heavy (non-hydrogen) atoms. The molecule has 6 heteroatoms. The Labute approximate surface area is 190 Å². The summed E-state index contributed by atoms with van der Waals surface area (Å²) < 4.78 is 28.0. The van der Waals surface area contributed by atoms with E-state index in [0.717, 1.165) is 24.8 Å². The van der Waals surface area contributed by atoms with Crippen LogP contribution in [0.15, 0.2) is 30.3 Å². The summed E-state index contributed by atoms with van der Waals surface area (Å²) in [6, 6.07) is 9.05. The molecule has 0 aliphatic carbocycles. The van der Waals surface area contributed by atoms with Crippen LogP contribution < -0.4 is 0 Å². The van der Waals surface area contributed by atoms with E-state index in [2.05, 4.69) is 11.3 Å². The molecular weight excluding hydrogens is 412 g/mol. The standard InChI is InChI=1S/C25H42O5S/c1-2-3-4-5-6-7-8-9-10-11-12-13-14-15-19-22-25(26)31(27,28)30-29-23-24-20-17-16-18-21-24/h16-18,20-21H,2-15,19,22-23H2,1H3. The monoisotopic (exact) mass is 454 g/mol. The average molecular weight is 455 g/mol. The Morgan fingerprint density at radius 3 is 1.65 bits per heavy atom. The molecule has 0 aliphatic heterocycles. The van der Waals surface area contributed by atoms with Gasteiger partial charge in [0, 0.05) is 6.42 Å². The third-order valence-electron chi connectivity index (χ3n) is 5.47. The molecule has 0 amide bonds. The number of hydrogen-bond acceptors (Lipinski definition) is 5. The van der Waals surface area contributed by atoms with Gasteiger partial charge < -0.3 is 0 Å². The lowest BCUT2D eigenvalue weighted by Crippen LogP contribution is -2.18. The molecule has 1 rings (SSSR count). The van der Waals surface area contributed by atoms with E-state index < -0.39 is 15.2 Å². The zero-order chi connectivity index (χ0) is 22.6. The van der Waals surface area contributed by atoms with Crippen LogP contribution in [0.5, 0.6) is 0 Å². The summed E-state index contributed by atoms with van der Waals surface area (Å²) in [4.78, 5) is 16.6. The molecule has 0 aromatic heterocycles. The fourth-order valence-corrected chi connectivity index (χ4v) is 4.18. The second-order valence-electron chi connectivity index (χ2n) is 8.34. The molecule has 1 aromatic carbocycles. The Balaban J connectivity index is 1.92. The minimum absolute atomic E-state index is 0.0186. The van der Waals surface area contributed by atoms with Crippen LogP contribution in [0.3, 0.4) is 0 Å². The van der Waals surface area contributed by atoms with Crippen LogP contribution in [0.25, 0.3) is 0 Å². The van der Waals surface area contributed by atoms with E-state index in [1.807, 2.05) is 18.2 Å². The number of rotatable bonds is 20. The highest BCUT2D eigenvalue weighted by Crippen LogP contribution is 2.14. The van der Waals surface area contributed by atoms with Gasteiger partial charge in [0.1, 0.15) is 6.61 Å². The Morgan fingerprint density at radius 1 is 0.710 bits per heavy atom. The van der Waals surface area contributed by atoms with Crippen molar-refractivity contribution in [1.29, 1.82) is 0 Å². The topological polar surface area (TPSA) is 69.7 Å². The predicted octanol–water partition coefficient (Wildman–Crippen LogP) is 7.25. The summed E-state index contributed by atoms with van der Waals surface area (Å²) in [5.74, 6) is 0. The van der Waals surface area contributed by atoms with Gasteiger partial charge in [0.15, 0.2) is 0 Å². The fraction of sp³-hybridized carbons (Fsp3) is 0.720. The van der Waals surface area contributed by atoms with Crippen LogP contribution >= 0.6 is 0 Å². The largest absolute Gasteiger partial charge is 0.357 e. The lowest BCUT2D eigenvalue weighted by Gasteiger charge is -2.05. The molecule has 0 spiro atoms. The van der Waals surface area contributed by atoms with Gasteiger partial charge in [0.05, 0.1) is 0 Å². The van der Waals surface area contributed by atoms with Gasteiger partial charge in [-0.05, 0) is 12.0 Å². The summed E-state index contributed by atoms with van der Waals surface area (Å²) in [7, 11) is -4.31. The first kappa shape index (κ1) is 27.8. The van der Waals surface area contributed by atoms with Crippen LogP contribution in [0.4, 0.5) is 0 Å². The lowest BCUT2D eigenvalue weighted by molar-refractivity contribution is -0.212. The van der Waals surface area contributed by atoms with Crippen LogP contribution in [0.1, 0.15) is 115 Å². The molecule has 0 aliphatic rings. The first-order chi connectivity index (χ1) is 15.1. The molecule has 0 N–H and O–H groups in total. The second kappa shape index (κ2) is 18.3. The highest BCUT2D eigenvalue weighted by Gasteiger charge is 2.23. The van der Waals surface area contributed by atoms with E-state index in [1.54, 1.807) is 12.1 Å². The zero-order valence-electron chi connectivity index (χ0n) is 19.4. The second-order valence-corrected chi connectivity index (χ2v) is 9.84. The van der Waals surface area contributed by atoms with Gasteiger partial charge in [-0.2, -0.15) is 8.42 Å². The molecule has 5 nitrogen and oxygen atoms in total. The van der Waals surface area contributed by atoms with Crippen LogP contribution in [0, 0.1) is 0 Å². The van der Waals surface area contributed by atoms with Gasteiger partial charge in [0.2, 0.25) is 0 Å². The van der Waals surface area contributed by atoms with Gasteiger partial charge in [-0.15, -0.1) is 4.33 Å². The summed E-state index contributed by atoms with van der Waals surface area (Å²) in [6.45, 7) is 2.23. The zero-order valence-corrected chi connectivity index (χ0v) is 20.2. The normalized spacial score (nSPS) is 11.6. The number of unbranched alkanes of at least 4 members (excludes halogenated alkanes) is 14. The summed E-state index contributed by atoms with van der Waals surface area (Å²) in [5, 5.41) is -0.907. The Hall–Kier alpha value is -1.24. The van der Waals surface area contributed by atoms with Crippen molar-refractivity contribution in [2.24, 2.45) is 0 Å². The summed E-state index contributed by atoms with van der Waals surface area (Å²) in [6.07, 6.45) is 18.3. The van der Waals surface area contributed by atoms with Crippen molar-refractivity contribution < 1.29 is 22.4 Å². The minimum Gasteiger partial charge on any atom is -0.279 e. The Kier molecular flexibility index (Phi) is 16.4. The minimum atomic E-state index is -4.31. The smallest absolute Gasteiger partial charge is 0.279 e. The molecular formula is C25H42O5S. The van der Waals surface area contributed by atoms with Crippen molar-refractivity contribution in [2.75, 3.05) is 0 Å². The van der Waals surface area contributed by atoms with E-state index in [-0.39, 0.29) is 13.0 Å². The maximum Gasteiger partial charge on any atom is 0.357 e. The van der Waals surface area contributed by atoms with Crippen molar-refractivity contribution in [3.05, 3.63) is 35.9 Å². The molecule has 0 radical (unpaired) electrons. The maximum absolute atomic E-state index is 11.8. The number of carbonyl (C=O) groups excluding carboxylic acids is 1. The van der Waals surface area contributed by atoms with Gasteiger partial charge in [-0.25, -0.2) is 4.89 Å². The van der Waals surface area contributed by atoms with Crippen molar-refractivity contribution in [1.82, 2.24) is 0 Å². The van der Waals surface area contributed by atoms with Crippen molar-refractivity contribution >= 4 is 15.2 Å². The predicted molar refractivity (Wildman–Crippen MR) is 126 cm³/mol. The molecule has 0 saturated carbocycles. The van der Waals surface area contributed by atoms with E-state index in [9.17, 15) is 13.2 Å². The van der Waals surface area contributed by atoms with E-state index >= 15 is 0 Å². The Morgan fingerprint density at radius 2 is 1.16 bits per heavy atom. The van der Waals surface area contributed by atoms with Crippen LogP contribution in [-0.4, -0.2) is 13.5 Å². The average Bonchev–Trinajstić information content (AvgIpc) is 2.77. The highest BCUT2D eigenvalue weighted by molar-refractivity contribution is 8.01. The lowest BCUT2D eigenvalue weighted by atomic mass is 10.0. The van der Waals surface area contributed by atoms with Crippen LogP contribution in [-0.2, 0) is 30.7 Å². The summed E-state index contributed by atoms with van der Waals surface area (Å²) in [5.41, 5.74) is 0.771. The van der Waals surface area contributed by atoms with Gasteiger partial charge in [-0.3, -0.25) is 4.79 Å². The van der Waals surface area contributed by atoms with Gasteiger partial charge in [-0.1, -0.05) is 127 Å². The molecule has 0 saturated heterocycles. The fourth-order valence-electron chi connectivity index (χ4n) is 3.53. The number of carbonyl (C=O) groups is 1. The van der Waals surface area contributed by atoms with Crippen molar-refractivity contribution in [3.63, 3.8) is 0 Å². The SMILES string of the molecule is CCCCCCCCCCCCCCCCCC(=O)S(=O)(=O)OOCc1ccccc1. The van der Waals surface area contributed by atoms with E-state index in [1.165, 1.54) is 70.6 Å². The third kappa shape index (κ3) is 15.2. The molecule has 0 fully saturated rings. The molecule has 178 valence electrons. The first-order valence-electron chi connectivity index (χ1n) is 12.2.